The fraction of sp³-hybridized carbons (Fsp3) is 0.222. The number of aromatic hydroxyl groups is 1. The Kier molecular flexibility index (Phi) is 5.21. The lowest BCUT2D eigenvalue weighted by Gasteiger charge is -2.02. The van der Waals surface area contributed by atoms with E-state index in [9.17, 15) is 9.90 Å². The highest BCUT2D eigenvalue weighted by Gasteiger charge is 2.09. The Bertz CT molecular complexity index is 286. The van der Waals surface area contributed by atoms with Crippen molar-refractivity contribution in [3.63, 3.8) is 0 Å². The van der Waals surface area contributed by atoms with Crippen LogP contribution in [0.5, 0.6) is 5.75 Å². The maximum Gasteiger partial charge on any atom is 0.341 e. The lowest BCUT2D eigenvalue weighted by molar-refractivity contribution is 0.0523. The van der Waals surface area contributed by atoms with E-state index in [1.165, 1.54) is 12.1 Å². The Morgan fingerprint density at radius 1 is 1.46 bits per heavy atom. The predicted octanol–water partition coefficient (Wildman–Crippen LogP) is 0.385. The van der Waals surface area contributed by atoms with E-state index >= 15 is 0 Å². The SMILES string of the molecule is CCOC(=O)c1ccccc1O.[AlH3]. The summed E-state index contributed by atoms with van der Waals surface area (Å²) < 4.78 is 4.71. The van der Waals surface area contributed by atoms with Crippen molar-refractivity contribution in [2.75, 3.05) is 6.61 Å². The highest BCUT2D eigenvalue weighted by Crippen LogP contribution is 2.16. The highest BCUT2D eigenvalue weighted by molar-refractivity contribution is 5.92. The van der Waals surface area contributed by atoms with Crippen molar-refractivity contribution in [3.05, 3.63) is 29.8 Å². The van der Waals surface area contributed by atoms with Crippen molar-refractivity contribution in [2.45, 2.75) is 6.92 Å². The molecule has 1 aromatic rings. The van der Waals surface area contributed by atoms with E-state index in [1.807, 2.05) is 0 Å². The first-order valence-corrected chi connectivity index (χ1v) is 3.70. The summed E-state index contributed by atoms with van der Waals surface area (Å²) in [6, 6.07) is 6.30. The molecule has 0 spiro atoms. The van der Waals surface area contributed by atoms with E-state index in [2.05, 4.69) is 0 Å². The molecule has 0 fully saturated rings. The van der Waals surface area contributed by atoms with Gasteiger partial charge in [0.05, 0.1) is 6.61 Å². The summed E-state index contributed by atoms with van der Waals surface area (Å²) in [4.78, 5) is 11.1. The number of esters is 1. The van der Waals surface area contributed by atoms with Crippen LogP contribution in [-0.4, -0.2) is 35.0 Å². The molecule has 0 bridgehead atoms. The lowest BCUT2D eigenvalue weighted by atomic mass is 10.2. The number of phenols is 1. The van der Waals surface area contributed by atoms with E-state index < -0.39 is 5.97 Å². The topological polar surface area (TPSA) is 46.5 Å². The van der Waals surface area contributed by atoms with Gasteiger partial charge in [-0.2, -0.15) is 0 Å². The van der Waals surface area contributed by atoms with Gasteiger partial charge in [-0.05, 0) is 19.1 Å². The maximum atomic E-state index is 11.1. The van der Waals surface area contributed by atoms with Gasteiger partial charge < -0.3 is 9.84 Å². The van der Waals surface area contributed by atoms with Crippen molar-refractivity contribution < 1.29 is 14.6 Å². The van der Waals surface area contributed by atoms with Crippen molar-refractivity contribution in [1.82, 2.24) is 0 Å². The minimum atomic E-state index is -0.490. The Labute approximate surface area is 87.5 Å². The van der Waals surface area contributed by atoms with Crippen molar-refractivity contribution in [3.8, 4) is 5.75 Å². The summed E-state index contributed by atoms with van der Waals surface area (Å²) in [7, 11) is 0. The second kappa shape index (κ2) is 5.63. The summed E-state index contributed by atoms with van der Waals surface area (Å²) >= 11 is 0. The first-order valence-electron chi connectivity index (χ1n) is 3.70. The molecule has 4 heteroatoms. The molecular weight excluding hydrogens is 183 g/mol. The summed E-state index contributed by atoms with van der Waals surface area (Å²) in [6.07, 6.45) is 0. The minimum absolute atomic E-state index is 0. The summed E-state index contributed by atoms with van der Waals surface area (Å²) in [6.45, 7) is 2.03. The number of carbonyl (C=O) groups excluding carboxylic acids is 1. The summed E-state index contributed by atoms with van der Waals surface area (Å²) in [5.74, 6) is -0.536. The molecule has 0 aliphatic rings. The largest absolute Gasteiger partial charge is 0.507 e. The third-order valence-corrected chi connectivity index (χ3v) is 1.40. The van der Waals surface area contributed by atoms with Gasteiger partial charge in [0, 0.05) is 0 Å². The Hall–Kier alpha value is -0.978. The Morgan fingerprint density at radius 3 is 2.62 bits per heavy atom. The zero-order valence-electron chi connectivity index (χ0n) is 6.78. The van der Waals surface area contributed by atoms with Crippen molar-refractivity contribution in [2.24, 2.45) is 0 Å². The predicted molar refractivity (Wildman–Crippen MR) is 54.0 cm³/mol. The van der Waals surface area contributed by atoms with Crippen molar-refractivity contribution in [1.29, 1.82) is 0 Å². The van der Waals surface area contributed by atoms with Crippen LogP contribution in [0, 0.1) is 0 Å². The molecule has 0 aliphatic heterocycles. The number of phenolic OH excluding ortho intramolecular Hbond substituents is 1. The molecule has 0 aliphatic carbocycles. The molecule has 0 saturated carbocycles. The molecule has 0 heterocycles. The van der Waals surface area contributed by atoms with Gasteiger partial charge >= 0.3 is 5.97 Å². The van der Waals surface area contributed by atoms with Crippen LogP contribution in [0.1, 0.15) is 17.3 Å². The van der Waals surface area contributed by atoms with Gasteiger partial charge in [0.15, 0.2) is 17.4 Å². The Morgan fingerprint density at radius 2 is 2.08 bits per heavy atom. The first-order chi connectivity index (χ1) is 5.75. The normalized spacial score (nSPS) is 8.69. The number of para-hydroxylation sites is 1. The van der Waals surface area contributed by atoms with Crippen LogP contribution in [0.15, 0.2) is 24.3 Å². The van der Waals surface area contributed by atoms with Crippen LogP contribution in [0.3, 0.4) is 0 Å². The molecular formula is C9H13AlO3. The van der Waals surface area contributed by atoms with Gasteiger partial charge in [-0.15, -0.1) is 0 Å². The molecule has 1 aromatic carbocycles. The maximum absolute atomic E-state index is 11.1. The van der Waals surface area contributed by atoms with E-state index in [0.717, 1.165) is 0 Å². The Balaban J connectivity index is 0.00000144. The van der Waals surface area contributed by atoms with Gasteiger partial charge in [-0.3, -0.25) is 0 Å². The summed E-state index contributed by atoms with van der Waals surface area (Å²) in [5.41, 5.74) is 0.208. The molecule has 1 rings (SSSR count). The second-order valence-electron chi connectivity index (χ2n) is 2.24. The van der Waals surface area contributed by atoms with Crippen LogP contribution < -0.4 is 0 Å². The monoisotopic (exact) mass is 196 g/mol. The van der Waals surface area contributed by atoms with E-state index in [-0.39, 0.29) is 28.7 Å². The number of hydrogen-bond donors (Lipinski definition) is 1. The van der Waals surface area contributed by atoms with Gasteiger partial charge in [-0.25, -0.2) is 4.79 Å². The molecule has 0 amide bonds. The molecule has 0 saturated heterocycles. The number of ether oxygens (including phenoxy) is 1. The number of benzene rings is 1. The van der Waals surface area contributed by atoms with E-state index in [1.54, 1.807) is 19.1 Å². The quantitative estimate of drug-likeness (QED) is 0.549. The highest BCUT2D eigenvalue weighted by atomic mass is 27.0. The molecule has 0 atom stereocenters. The average Bonchev–Trinajstić information content (AvgIpc) is 2.05. The molecule has 70 valence electrons. The number of rotatable bonds is 2. The van der Waals surface area contributed by atoms with Crippen molar-refractivity contribution >= 4 is 23.3 Å². The third kappa shape index (κ3) is 3.10. The minimum Gasteiger partial charge on any atom is -0.507 e. The second-order valence-corrected chi connectivity index (χ2v) is 2.24. The molecule has 3 nitrogen and oxygen atoms in total. The molecule has 0 radical (unpaired) electrons. The van der Waals surface area contributed by atoms with Crippen LogP contribution in [0.25, 0.3) is 0 Å². The van der Waals surface area contributed by atoms with Crippen LogP contribution in [0.4, 0.5) is 0 Å². The average molecular weight is 196 g/mol. The summed E-state index contributed by atoms with van der Waals surface area (Å²) in [5, 5.41) is 9.21. The van der Waals surface area contributed by atoms with Crippen LogP contribution in [-0.2, 0) is 4.74 Å². The molecule has 1 N–H and O–H groups in total. The van der Waals surface area contributed by atoms with Gasteiger partial charge in [0.2, 0.25) is 0 Å². The number of hydrogen-bond acceptors (Lipinski definition) is 3. The third-order valence-electron chi connectivity index (χ3n) is 1.40. The fourth-order valence-electron chi connectivity index (χ4n) is 0.855. The van der Waals surface area contributed by atoms with Crippen LogP contribution >= 0.6 is 0 Å². The lowest BCUT2D eigenvalue weighted by Crippen LogP contribution is -2.04. The zero-order chi connectivity index (χ0) is 8.97. The first kappa shape index (κ1) is 12.0. The molecule has 0 aromatic heterocycles. The number of carbonyl (C=O) groups is 1. The smallest absolute Gasteiger partial charge is 0.341 e. The van der Waals surface area contributed by atoms with Crippen LogP contribution in [0.2, 0.25) is 0 Å². The fourth-order valence-corrected chi connectivity index (χ4v) is 0.855. The van der Waals surface area contributed by atoms with Gasteiger partial charge in [0.1, 0.15) is 11.3 Å². The zero-order valence-corrected chi connectivity index (χ0v) is 6.78. The standard InChI is InChI=1S/C9H10O3.Al.3H/c1-2-12-9(11)7-5-3-4-6-8(7)10;;;;/h3-6,10H,2H2,1H3;;;;. The molecule has 0 unspecified atom stereocenters. The molecule has 13 heavy (non-hydrogen) atoms. The van der Waals surface area contributed by atoms with E-state index in [4.69, 9.17) is 4.74 Å². The van der Waals surface area contributed by atoms with Gasteiger partial charge in [0.25, 0.3) is 0 Å². The van der Waals surface area contributed by atoms with E-state index in [0.29, 0.717) is 6.61 Å². The van der Waals surface area contributed by atoms with Gasteiger partial charge in [-0.1, -0.05) is 12.1 Å².